The second kappa shape index (κ2) is 9.00. The number of aromatic nitrogens is 2. The molecule has 1 amide bonds. The third-order valence-electron chi connectivity index (χ3n) is 3.89. The molecule has 2 heterocycles. The molecule has 0 bridgehead atoms. The van der Waals surface area contributed by atoms with E-state index in [9.17, 15) is 4.79 Å². The normalized spacial score (nSPS) is 10.3. The van der Waals surface area contributed by atoms with Crippen molar-refractivity contribution in [1.29, 1.82) is 0 Å². The largest absolute Gasteiger partial charge is 0.497 e. The van der Waals surface area contributed by atoms with Gasteiger partial charge in [-0.25, -0.2) is 9.97 Å². The van der Waals surface area contributed by atoms with Gasteiger partial charge in [0.1, 0.15) is 16.7 Å². The lowest BCUT2D eigenvalue weighted by atomic mass is 10.1. The summed E-state index contributed by atoms with van der Waals surface area (Å²) in [5.41, 5.74) is 2.26. The van der Waals surface area contributed by atoms with Crippen molar-refractivity contribution < 1.29 is 9.53 Å². The molecule has 0 spiro atoms. The van der Waals surface area contributed by atoms with E-state index in [4.69, 9.17) is 16.3 Å². The Morgan fingerprint density at radius 1 is 1.11 bits per heavy atom. The summed E-state index contributed by atoms with van der Waals surface area (Å²) in [5, 5.41) is 6.31. The number of pyridine rings is 2. The van der Waals surface area contributed by atoms with Crippen LogP contribution in [0.15, 0.2) is 60.9 Å². The lowest BCUT2D eigenvalue weighted by Crippen LogP contribution is -2.12. The van der Waals surface area contributed by atoms with Gasteiger partial charge in [-0.2, -0.15) is 0 Å². The average Bonchev–Trinajstić information content (AvgIpc) is 2.70. The smallest absolute Gasteiger partial charge is 0.255 e. The van der Waals surface area contributed by atoms with Crippen LogP contribution in [-0.4, -0.2) is 29.5 Å². The predicted molar refractivity (Wildman–Crippen MR) is 107 cm³/mol. The maximum absolute atomic E-state index is 12.2. The van der Waals surface area contributed by atoms with Crippen LogP contribution in [0, 0.1) is 0 Å². The van der Waals surface area contributed by atoms with Crippen LogP contribution < -0.4 is 15.4 Å². The van der Waals surface area contributed by atoms with E-state index in [2.05, 4.69) is 20.6 Å². The highest BCUT2D eigenvalue weighted by atomic mass is 35.5. The molecule has 0 saturated carbocycles. The summed E-state index contributed by atoms with van der Waals surface area (Å²) in [6.07, 6.45) is 3.97. The Balaban J connectivity index is 1.50. The molecule has 0 aliphatic rings. The van der Waals surface area contributed by atoms with Crippen molar-refractivity contribution in [3.05, 3.63) is 77.2 Å². The van der Waals surface area contributed by atoms with Crippen LogP contribution in [0.25, 0.3) is 0 Å². The molecule has 0 saturated heterocycles. The number of ether oxygens (including phenoxy) is 1. The van der Waals surface area contributed by atoms with Crippen LogP contribution in [-0.2, 0) is 6.42 Å². The van der Waals surface area contributed by atoms with E-state index in [1.54, 1.807) is 25.4 Å². The van der Waals surface area contributed by atoms with Gasteiger partial charge >= 0.3 is 0 Å². The van der Waals surface area contributed by atoms with Crippen molar-refractivity contribution in [2.24, 2.45) is 0 Å². The summed E-state index contributed by atoms with van der Waals surface area (Å²) in [5.74, 6) is 1.33. The molecule has 0 aliphatic heterocycles. The van der Waals surface area contributed by atoms with Crippen molar-refractivity contribution in [3.63, 3.8) is 0 Å². The minimum atomic E-state index is -0.263. The molecule has 27 heavy (non-hydrogen) atoms. The monoisotopic (exact) mass is 382 g/mol. The molecule has 3 aromatic rings. The van der Waals surface area contributed by atoms with E-state index in [0.717, 1.165) is 24.5 Å². The Hall–Kier alpha value is -3.12. The van der Waals surface area contributed by atoms with Crippen LogP contribution in [0.1, 0.15) is 15.9 Å². The van der Waals surface area contributed by atoms with Crippen molar-refractivity contribution in [1.82, 2.24) is 9.97 Å². The van der Waals surface area contributed by atoms with Gasteiger partial charge < -0.3 is 15.4 Å². The van der Waals surface area contributed by atoms with Gasteiger partial charge in [-0.05, 0) is 48.4 Å². The SMILES string of the molecule is COc1ccc(CCNc2ccc(NC(=O)c3ccnc(Cl)c3)cn2)cc1. The summed E-state index contributed by atoms with van der Waals surface area (Å²) in [6.45, 7) is 0.751. The summed E-state index contributed by atoms with van der Waals surface area (Å²) >= 11 is 5.80. The quantitative estimate of drug-likeness (QED) is 0.603. The number of hydrogen-bond acceptors (Lipinski definition) is 5. The van der Waals surface area contributed by atoms with Crippen LogP contribution in [0.3, 0.4) is 0 Å². The summed E-state index contributed by atoms with van der Waals surface area (Å²) in [6, 6.07) is 14.7. The first-order valence-corrected chi connectivity index (χ1v) is 8.77. The molecule has 2 N–H and O–H groups in total. The Bertz CT molecular complexity index is 899. The van der Waals surface area contributed by atoms with Crippen LogP contribution in [0.2, 0.25) is 5.15 Å². The number of benzene rings is 1. The van der Waals surface area contributed by atoms with Gasteiger partial charge in [-0.3, -0.25) is 4.79 Å². The second-order valence-corrected chi connectivity index (χ2v) is 6.17. The highest BCUT2D eigenvalue weighted by molar-refractivity contribution is 6.29. The minimum Gasteiger partial charge on any atom is -0.497 e. The number of halogens is 1. The fraction of sp³-hybridized carbons (Fsp3) is 0.150. The number of hydrogen-bond donors (Lipinski definition) is 2. The molecule has 0 aliphatic carbocycles. The molecule has 0 atom stereocenters. The first-order valence-electron chi connectivity index (χ1n) is 8.40. The topological polar surface area (TPSA) is 76.1 Å². The number of rotatable bonds is 7. The number of anilines is 2. The van der Waals surface area contributed by atoms with E-state index in [1.165, 1.54) is 17.8 Å². The van der Waals surface area contributed by atoms with Crippen molar-refractivity contribution in [2.45, 2.75) is 6.42 Å². The summed E-state index contributed by atoms with van der Waals surface area (Å²) in [4.78, 5) is 20.4. The number of carbonyl (C=O) groups is 1. The first-order chi connectivity index (χ1) is 13.1. The lowest BCUT2D eigenvalue weighted by Gasteiger charge is -2.08. The van der Waals surface area contributed by atoms with Crippen LogP contribution in [0.4, 0.5) is 11.5 Å². The summed E-state index contributed by atoms with van der Waals surface area (Å²) < 4.78 is 5.15. The number of amides is 1. The molecular formula is C20H19ClN4O2. The zero-order chi connectivity index (χ0) is 19.1. The average molecular weight is 383 g/mol. The van der Waals surface area contributed by atoms with E-state index < -0.39 is 0 Å². The maximum atomic E-state index is 12.2. The Morgan fingerprint density at radius 3 is 2.59 bits per heavy atom. The number of nitrogens with zero attached hydrogens (tertiary/aromatic N) is 2. The fourth-order valence-corrected chi connectivity index (χ4v) is 2.62. The second-order valence-electron chi connectivity index (χ2n) is 5.78. The molecule has 0 unspecified atom stereocenters. The van der Waals surface area contributed by atoms with Crippen molar-refractivity contribution in [2.75, 3.05) is 24.3 Å². The van der Waals surface area contributed by atoms with Crippen LogP contribution >= 0.6 is 11.6 Å². The van der Waals surface area contributed by atoms with Crippen LogP contribution in [0.5, 0.6) is 5.75 Å². The molecule has 1 aromatic carbocycles. The Morgan fingerprint density at radius 2 is 1.93 bits per heavy atom. The highest BCUT2D eigenvalue weighted by Gasteiger charge is 2.07. The zero-order valence-corrected chi connectivity index (χ0v) is 15.5. The van der Waals surface area contributed by atoms with E-state index in [1.807, 2.05) is 30.3 Å². The van der Waals surface area contributed by atoms with Gasteiger partial charge in [0, 0.05) is 18.3 Å². The number of methoxy groups -OCH3 is 1. The van der Waals surface area contributed by atoms with Gasteiger partial charge in [-0.1, -0.05) is 23.7 Å². The molecule has 0 radical (unpaired) electrons. The van der Waals surface area contributed by atoms with Gasteiger partial charge in [0.15, 0.2) is 0 Å². The third-order valence-corrected chi connectivity index (χ3v) is 4.10. The summed E-state index contributed by atoms with van der Waals surface area (Å²) in [7, 11) is 1.65. The lowest BCUT2D eigenvalue weighted by molar-refractivity contribution is 0.102. The molecule has 138 valence electrons. The number of carbonyl (C=O) groups excluding carboxylic acids is 1. The standard InChI is InChI=1S/C20H19ClN4O2/c1-27-17-5-2-14(3-6-17)8-10-23-19-7-4-16(13-24-19)25-20(26)15-9-11-22-18(21)12-15/h2-7,9,11-13H,8,10H2,1H3,(H,23,24)(H,25,26). The molecule has 6 nitrogen and oxygen atoms in total. The molecule has 3 rings (SSSR count). The Kier molecular flexibility index (Phi) is 6.22. The van der Waals surface area contributed by atoms with Gasteiger partial charge in [-0.15, -0.1) is 0 Å². The maximum Gasteiger partial charge on any atom is 0.255 e. The van der Waals surface area contributed by atoms with Crippen molar-refractivity contribution in [3.8, 4) is 5.75 Å². The van der Waals surface area contributed by atoms with Gasteiger partial charge in [0.2, 0.25) is 0 Å². The highest BCUT2D eigenvalue weighted by Crippen LogP contribution is 2.14. The predicted octanol–water partition coefficient (Wildman–Crippen LogP) is 4.05. The minimum absolute atomic E-state index is 0.263. The van der Waals surface area contributed by atoms with E-state index in [-0.39, 0.29) is 11.1 Å². The van der Waals surface area contributed by atoms with Gasteiger partial charge in [0.25, 0.3) is 5.91 Å². The third kappa shape index (κ3) is 5.43. The first kappa shape index (κ1) is 18.7. The zero-order valence-electron chi connectivity index (χ0n) is 14.8. The molecular weight excluding hydrogens is 364 g/mol. The molecule has 0 fully saturated rings. The van der Waals surface area contributed by atoms with E-state index in [0.29, 0.717) is 11.3 Å². The molecule has 7 heteroatoms. The molecule has 2 aromatic heterocycles. The van der Waals surface area contributed by atoms with Gasteiger partial charge in [0.05, 0.1) is 19.0 Å². The number of nitrogens with one attached hydrogen (secondary N) is 2. The van der Waals surface area contributed by atoms with E-state index >= 15 is 0 Å². The fourth-order valence-electron chi connectivity index (χ4n) is 2.45. The van der Waals surface area contributed by atoms with Crippen molar-refractivity contribution >= 4 is 29.0 Å². The Labute approximate surface area is 162 Å².